The largest absolute Gasteiger partial charge is 0.417 e. The second kappa shape index (κ2) is 4.30. The van der Waals surface area contributed by atoms with Gasteiger partial charge in [0.15, 0.2) is 0 Å². The molecule has 1 heterocycles. The Morgan fingerprint density at radius 3 is 2.53 bits per heavy atom. The van der Waals surface area contributed by atoms with Gasteiger partial charge in [-0.05, 0) is 35.0 Å². The number of hydrogen-bond donors (Lipinski definition) is 0. The van der Waals surface area contributed by atoms with Gasteiger partial charge in [0.2, 0.25) is 0 Å². The predicted molar refractivity (Wildman–Crippen MR) is 57.4 cm³/mol. The molecule has 1 aromatic carbocycles. The summed E-state index contributed by atoms with van der Waals surface area (Å²) in [5, 5.41) is 3.14. The van der Waals surface area contributed by atoms with Gasteiger partial charge >= 0.3 is 6.18 Å². The lowest BCUT2D eigenvalue weighted by Gasteiger charge is -2.09. The van der Waals surface area contributed by atoms with Crippen molar-refractivity contribution in [3.63, 3.8) is 0 Å². The van der Waals surface area contributed by atoms with Crippen LogP contribution in [-0.4, -0.2) is 10.1 Å². The van der Waals surface area contributed by atoms with Crippen LogP contribution in [0.2, 0.25) is 5.28 Å². The van der Waals surface area contributed by atoms with E-state index in [1.54, 1.807) is 0 Å². The molecular formula is C9H3BrClF3N2O. The molecule has 1 aromatic heterocycles. The monoisotopic (exact) mass is 326 g/mol. The molecule has 17 heavy (non-hydrogen) atoms. The molecule has 0 aliphatic heterocycles. The van der Waals surface area contributed by atoms with Gasteiger partial charge in [-0.25, -0.2) is 0 Å². The number of alkyl halides is 3. The lowest BCUT2D eigenvalue weighted by molar-refractivity contribution is -0.138. The maximum atomic E-state index is 12.6. The Hall–Kier alpha value is -1.08. The number of rotatable bonds is 1. The SMILES string of the molecule is FC(F)(F)c1cc(-c2nc(Cl)no2)ccc1Br. The lowest BCUT2D eigenvalue weighted by Crippen LogP contribution is -2.06. The zero-order valence-electron chi connectivity index (χ0n) is 7.92. The molecule has 0 aliphatic carbocycles. The molecule has 0 spiro atoms. The normalized spacial score (nSPS) is 11.8. The number of halogens is 5. The summed E-state index contributed by atoms with van der Waals surface area (Å²) in [5.41, 5.74) is -0.663. The van der Waals surface area contributed by atoms with Crippen LogP contribution in [0.25, 0.3) is 11.5 Å². The smallest absolute Gasteiger partial charge is 0.333 e. The number of hydrogen-bond acceptors (Lipinski definition) is 3. The standard InChI is InChI=1S/C9H3BrClF3N2O/c10-6-2-1-4(3-5(6)9(12,13)14)7-15-8(11)16-17-7/h1-3H. The van der Waals surface area contributed by atoms with Gasteiger partial charge in [-0.15, -0.1) is 0 Å². The van der Waals surface area contributed by atoms with Crippen LogP contribution in [0.4, 0.5) is 13.2 Å². The van der Waals surface area contributed by atoms with Gasteiger partial charge < -0.3 is 4.52 Å². The molecule has 8 heteroatoms. The summed E-state index contributed by atoms with van der Waals surface area (Å²) >= 11 is 8.26. The van der Waals surface area contributed by atoms with E-state index in [0.717, 1.165) is 6.07 Å². The van der Waals surface area contributed by atoms with Crippen LogP contribution < -0.4 is 0 Å². The third-order valence-corrected chi connectivity index (χ3v) is 2.76. The van der Waals surface area contributed by atoms with Gasteiger partial charge in [0.25, 0.3) is 11.2 Å². The van der Waals surface area contributed by atoms with Crippen molar-refractivity contribution in [2.45, 2.75) is 6.18 Å². The second-order valence-electron chi connectivity index (χ2n) is 3.06. The van der Waals surface area contributed by atoms with E-state index >= 15 is 0 Å². The Morgan fingerprint density at radius 1 is 1.29 bits per heavy atom. The Kier molecular flexibility index (Phi) is 3.13. The second-order valence-corrected chi connectivity index (χ2v) is 4.25. The molecular weight excluding hydrogens is 324 g/mol. The van der Waals surface area contributed by atoms with Crippen molar-refractivity contribution in [3.8, 4) is 11.5 Å². The molecule has 2 aromatic rings. The average molecular weight is 327 g/mol. The van der Waals surface area contributed by atoms with Crippen LogP contribution in [0.3, 0.4) is 0 Å². The van der Waals surface area contributed by atoms with Crippen LogP contribution in [0, 0.1) is 0 Å². The molecule has 0 fully saturated rings. The maximum Gasteiger partial charge on any atom is 0.417 e. The Balaban J connectivity index is 2.51. The van der Waals surface area contributed by atoms with Gasteiger partial charge in [0.05, 0.1) is 5.56 Å². The summed E-state index contributed by atoms with van der Waals surface area (Å²) in [7, 11) is 0. The van der Waals surface area contributed by atoms with Crippen LogP contribution in [0.15, 0.2) is 27.2 Å². The van der Waals surface area contributed by atoms with E-state index in [2.05, 4.69) is 30.6 Å². The molecule has 3 nitrogen and oxygen atoms in total. The van der Waals surface area contributed by atoms with Gasteiger partial charge in [-0.3, -0.25) is 0 Å². The average Bonchev–Trinajstić information content (AvgIpc) is 2.64. The molecule has 0 radical (unpaired) electrons. The van der Waals surface area contributed by atoms with Gasteiger partial charge in [-0.2, -0.15) is 18.2 Å². The molecule has 0 aliphatic rings. The zero-order chi connectivity index (χ0) is 12.6. The Morgan fingerprint density at radius 2 is 2.00 bits per heavy atom. The highest BCUT2D eigenvalue weighted by Gasteiger charge is 2.33. The first-order valence-electron chi connectivity index (χ1n) is 4.24. The summed E-state index contributed by atoms with van der Waals surface area (Å²) in [6.45, 7) is 0. The highest BCUT2D eigenvalue weighted by molar-refractivity contribution is 9.10. The van der Waals surface area contributed by atoms with Crippen LogP contribution in [0.5, 0.6) is 0 Å². The van der Waals surface area contributed by atoms with E-state index in [-0.39, 0.29) is 21.2 Å². The number of benzene rings is 1. The molecule has 0 unspecified atom stereocenters. The zero-order valence-corrected chi connectivity index (χ0v) is 10.3. The van der Waals surface area contributed by atoms with Crippen molar-refractivity contribution in [1.82, 2.24) is 10.1 Å². The van der Waals surface area contributed by atoms with Crippen LogP contribution in [-0.2, 0) is 6.18 Å². The fourth-order valence-electron chi connectivity index (χ4n) is 1.20. The highest BCUT2D eigenvalue weighted by Crippen LogP contribution is 2.37. The molecule has 0 N–H and O–H groups in total. The highest BCUT2D eigenvalue weighted by atomic mass is 79.9. The van der Waals surface area contributed by atoms with Gasteiger partial charge in [0, 0.05) is 10.0 Å². The minimum Gasteiger partial charge on any atom is -0.333 e. The first-order valence-corrected chi connectivity index (χ1v) is 5.41. The van der Waals surface area contributed by atoms with E-state index < -0.39 is 11.7 Å². The van der Waals surface area contributed by atoms with Crippen molar-refractivity contribution in [2.75, 3.05) is 0 Å². The van der Waals surface area contributed by atoms with Gasteiger partial charge in [-0.1, -0.05) is 15.9 Å². The summed E-state index contributed by atoms with van der Waals surface area (Å²) in [6, 6.07) is 3.59. The minimum absolute atomic E-state index is 0.0561. The van der Waals surface area contributed by atoms with E-state index in [4.69, 9.17) is 11.6 Å². The molecule has 2 rings (SSSR count). The summed E-state index contributed by atoms with van der Waals surface area (Å²) < 4.78 is 42.5. The first kappa shape index (κ1) is 12.4. The predicted octanol–water partition coefficient (Wildman–Crippen LogP) is 4.17. The topological polar surface area (TPSA) is 38.9 Å². The van der Waals surface area contributed by atoms with Gasteiger partial charge in [0.1, 0.15) is 0 Å². The quantitative estimate of drug-likeness (QED) is 0.789. The van der Waals surface area contributed by atoms with Crippen LogP contribution >= 0.6 is 27.5 Å². The van der Waals surface area contributed by atoms with Crippen molar-refractivity contribution < 1.29 is 17.7 Å². The Labute approximate surface area is 107 Å². The third kappa shape index (κ3) is 2.61. The third-order valence-electron chi connectivity index (χ3n) is 1.92. The first-order chi connectivity index (χ1) is 7.88. The molecule has 0 amide bonds. The maximum absolute atomic E-state index is 12.6. The van der Waals surface area contributed by atoms with Crippen molar-refractivity contribution in [2.24, 2.45) is 0 Å². The van der Waals surface area contributed by atoms with E-state index in [0.29, 0.717) is 0 Å². The fourth-order valence-corrected chi connectivity index (χ4v) is 1.78. The van der Waals surface area contributed by atoms with E-state index in [9.17, 15) is 13.2 Å². The summed E-state index contributed by atoms with van der Waals surface area (Å²) in [5.74, 6) is -0.0620. The van der Waals surface area contributed by atoms with Crippen LogP contribution in [0.1, 0.15) is 5.56 Å². The molecule has 0 bridgehead atoms. The molecule has 0 saturated carbocycles. The Bertz CT molecular complexity index is 555. The summed E-state index contributed by atoms with van der Waals surface area (Å²) in [6.07, 6.45) is -4.46. The van der Waals surface area contributed by atoms with E-state index in [1.807, 2.05) is 0 Å². The molecule has 0 saturated heterocycles. The van der Waals surface area contributed by atoms with Crippen molar-refractivity contribution in [3.05, 3.63) is 33.5 Å². The fraction of sp³-hybridized carbons (Fsp3) is 0.111. The number of aromatic nitrogens is 2. The van der Waals surface area contributed by atoms with Crippen molar-refractivity contribution >= 4 is 27.5 Å². The van der Waals surface area contributed by atoms with Crippen molar-refractivity contribution in [1.29, 1.82) is 0 Å². The summed E-state index contributed by atoms with van der Waals surface area (Å²) in [4.78, 5) is 3.64. The van der Waals surface area contributed by atoms with E-state index in [1.165, 1.54) is 12.1 Å². The number of nitrogens with zero attached hydrogens (tertiary/aromatic N) is 2. The lowest BCUT2D eigenvalue weighted by atomic mass is 10.1. The molecule has 0 atom stereocenters. The minimum atomic E-state index is -4.46. The molecule has 90 valence electrons.